The zero-order valence-corrected chi connectivity index (χ0v) is 12.4. The smallest absolute Gasteiger partial charge is 0.234 e. The van der Waals surface area contributed by atoms with E-state index in [4.69, 9.17) is 4.74 Å². The maximum atomic E-state index is 12.1. The van der Waals surface area contributed by atoms with E-state index in [1.165, 1.54) is 32.1 Å². The molecule has 1 atom stereocenters. The van der Waals surface area contributed by atoms with E-state index in [0.717, 1.165) is 39.4 Å². The Hall–Kier alpha value is -0.650. The van der Waals surface area contributed by atoms with Gasteiger partial charge >= 0.3 is 0 Å². The number of rotatable bonds is 4. The number of nitrogens with one attached hydrogen (secondary N) is 1. The molecule has 5 nitrogen and oxygen atoms in total. The lowest BCUT2D eigenvalue weighted by molar-refractivity contribution is -0.122. The number of carbonyl (C=O) groups excluding carboxylic acids is 1. The van der Waals surface area contributed by atoms with Crippen molar-refractivity contribution in [2.24, 2.45) is 0 Å². The van der Waals surface area contributed by atoms with Crippen LogP contribution in [-0.4, -0.2) is 73.7 Å². The van der Waals surface area contributed by atoms with Crippen molar-refractivity contribution in [1.29, 1.82) is 0 Å². The number of hydrogen-bond acceptors (Lipinski definition) is 4. The number of likely N-dealkylation sites (tertiary alicyclic amines) is 1. The van der Waals surface area contributed by atoms with E-state index >= 15 is 0 Å². The molecule has 0 aromatic heterocycles. The number of carbonyl (C=O) groups is 1. The Morgan fingerprint density at radius 3 is 2.60 bits per heavy atom. The van der Waals surface area contributed by atoms with Gasteiger partial charge in [0.15, 0.2) is 0 Å². The molecule has 0 aromatic carbocycles. The van der Waals surface area contributed by atoms with Crippen LogP contribution in [0.3, 0.4) is 0 Å². The molecule has 3 fully saturated rings. The predicted octanol–water partition coefficient (Wildman–Crippen LogP) is 0.452. The molecule has 20 heavy (non-hydrogen) atoms. The quantitative estimate of drug-likeness (QED) is 0.813. The van der Waals surface area contributed by atoms with Crippen LogP contribution in [0.25, 0.3) is 0 Å². The van der Waals surface area contributed by atoms with Crippen LogP contribution in [0.4, 0.5) is 0 Å². The summed E-state index contributed by atoms with van der Waals surface area (Å²) in [5.41, 5.74) is 0. The second-order valence-electron chi connectivity index (χ2n) is 6.37. The summed E-state index contributed by atoms with van der Waals surface area (Å²) < 4.78 is 5.41. The predicted molar refractivity (Wildman–Crippen MR) is 77.6 cm³/mol. The zero-order chi connectivity index (χ0) is 13.8. The summed E-state index contributed by atoms with van der Waals surface area (Å²) in [5, 5.41) is 3.19. The summed E-state index contributed by atoms with van der Waals surface area (Å²) in [6.07, 6.45) is 6.07. The van der Waals surface area contributed by atoms with Crippen molar-refractivity contribution in [3.8, 4) is 0 Å². The van der Waals surface area contributed by atoms with E-state index in [9.17, 15) is 4.79 Å². The molecule has 0 spiro atoms. The van der Waals surface area contributed by atoms with Crippen molar-refractivity contribution in [3.05, 3.63) is 0 Å². The monoisotopic (exact) mass is 281 g/mol. The molecule has 1 aliphatic carbocycles. The molecule has 2 aliphatic heterocycles. The first-order valence-electron chi connectivity index (χ1n) is 8.15. The fourth-order valence-electron chi connectivity index (χ4n) is 3.74. The summed E-state index contributed by atoms with van der Waals surface area (Å²) in [6, 6.07) is 1.07. The highest BCUT2D eigenvalue weighted by Crippen LogP contribution is 2.19. The Morgan fingerprint density at radius 2 is 1.85 bits per heavy atom. The molecule has 1 amide bonds. The molecule has 1 saturated carbocycles. The molecule has 114 valence electrons. The van der Waals surface area contributed by atoms with E-state index in [1.807, 2.05) is 0 Å². The minimum absolute atomic E-state index is 0.222. The summed E-state index contributed by atoms with van der Waals surface area (Å²) in [4.78, 5) is 16.9. The van der Waals surface area contributed by atoms with E-state index in [-0.39, 0.29) is 5.91 Å². The van der Waals surface area contributed by atoms with Gasteiger partial charge in [0.1, 0.15) is 0 Å². The number of morpholine rings is 1. The van der Waals surface area contributed by atoms with Crippen LogP contribution in [0.15, 0.2) is 0 Å². The van der Waals surface area contributed by atoms with Gasteiger partial charge in [-0.2, -0.15) is 0 Å². The fraction of sp³-hybridized carbons (Fsp3) is 0.933. The molecule has 1 N–H and O–H groups in total. The SMILES string of the molecule is O=C(CN1CC[C@@H](N2CCOCC2)C1)NC1CCCC1. The molecule has 0 unspecified atom stereocenters. The first-order chi connectivity index (χ1) is 9.81. The Labute approximate surface area is 121 Å². The van der Waals surface area contributed by atoms with Gasteiger partial charge < -0.3 is 10.1 Å². The topological polar surface area (TPSA) is 44.8 Å². The first kappa shape index (κ1) is 14.3. The van der Waals surface area contributed by atoms with Crippen molar-refractivity contribution in [2.45, 2.75) is 44.2 Å². The van der Waals surface area contributed by atoms with Gasteiger partial charge in [0.05, 0.1) is 19.8 Å². The third-order valence-corrected chi connectivity index (χ3v) is 4.90. The highest BCUT2D eigenvalue weighted by atomic mass is 16.5. The van der Waals surface area contributed by atoms with Crippen molar-refractivity contribution in [3.63, 3.8) is 0 Å². The summed E-state index contributed by atoms with van der Waals surface area (Å²) in [7, 11) is 0. The van der Waals surface area contributed by atoms with Gasteiger partial charge in [-0.3, -0.25) is 14.6 Å². The lowest BCUT2D eigenvalue weighted by Gasteiger charge is -2.32. The lowest BCUT2D eigenvalue weighted by Crippen LogP contribution is -2.46. The van der Waals surface area contributed by atoms with E-state index in [1.54, 1.807) is 0 Å². The van der Waals surface area contributed by atoms with Crippen LogP contribution < -0.4 is 5.32 Å². The van der Waals surface area contributed by atoms with Gasteiger partial charge in [0, 0.05) is 38.3 Å². The molecular weight excluding hydrogens is 254 g/mol. The second kappa shape index (κ2) is 6.87. The number of hydrogen-bond donors (Lipinski definition) is 1. The van der Waals surface area contributed by atoms with Crippen LogP contribution >= 0.6 is 0 Å². The summed E-state index contributed by atoms with van der Waals surface area (Å²) in [5.74, 6) is 0.222. The standard InChI is InChI=1S/C15H27N3O2/c19-15(16-13-3-1-2-4-13)12-17-6-5-14(11-17)18-7-9-20-10-8-18/h13-14H,1-12H2,(H,16,19)/t14-/m1/s1. The van der Waals surface area contributed by atoms with E-state index in [0.29, 0.717) is 18.6 Å². The third-order valence-electron chi connectivity index (χ3n) is 4.90. The summed E-state index contributed by atoms with van der Waals surface area (Å²) >= 11 is 0. The Balaban J connectivity index is 1.39. The van der Waals surface area contributed by atoms with Gasteiger partial charge in [0.25, 0.3) is 0 Å². The van der Waals surface area contributed by atoms with Crippen LogP contribution in [0.1, 0.15) is 32.1 Å². The summed E-state index contributed by atoms with van der Waals surface area (Å²) in [6.45, 7) is 6.49. The molecule has 2 saturated heterocycles. The minimum Gasteiger partial charge on any atom is -0.379 e. The third kappa shape index (κ3) is 3.71. The molecule has 0 radical (unpaired) electrons. The number of nitrogens with zero attached hydrogens (tertiary/aromatic N) is 2. The van der Waals surface area contributed by atoms with Gasteiger partial charge in [-0.05, 0) is 19.3 Å². The number of ether oxygens (including phenoxy) is 1. The van der Waals surface area contributed by atoms with Crippen molar-refractivity contribution >= 4 is 5.91 Å². The Bertz CT molecular complexity index is 325. The molecule has 0 bridgehead atoms. The van der Waals surface area contributed by atoms with Crippen LogP contribution in [0.5, 0.6) is 0 Å². The van der Waals surface area contributed by atoms with Crippen LogP contribution in [-0.2, 0) is 9.53 Å². The van der Waals surface area contributed by atoms with E-state index in [2.05, 4.69) is 15.1 Å². The maximum absolute atomic E-state index is 12.1. The molecule has 2 heterocycles. The molecule has 3 rings (SSSR count). The minimum atomic E-state index is 0.222. The maximum Gasteiger partial charge on any atom is 0.234 e. The lowest BCUT2D eigenvalue weighted by atomic mass is 10.2. The largest absolute Gasteiger partial charge is 0.379 e. The first-order valence-corrected chi connectivity index (χ1v) is 8.15. The van der Waals surface area contributed by atoms with Crippen molar-refractivity contribution in [2.75, 3.05) is 45.9 Å². The average Bonchev–Trinajstić information content (AvgIpc) is 3.11. The zero-order valence-electron chi connectivity index (χ0n) is 12.4. The van der Waals surface area contributed by atoms with Crippen molar-refractivity contribution in [1.82, 2.24) is 15.1 Å². The normalized spacial score (nSPS) is 29.9. The van der Waals surface area contributed by atoms with Crippen LogP contribution in [0, 0.1) is 0 Å². The van der Waals surface area contributed by atoms with Gasteiger partial charge in [-0.25, -0.2) is 0 Å². The Morgan fingerprint density at radius 1 is 1.10 bits per heavy atom. The molecular formula is C15H27N3O2. The second-order valence-corrected chi connectivity index (χ2v) is 6.37. The molecule has 3 aliphatic rings. The Kier molecular flexibility index (Phi) is 4.91. The number of amides is 1. The fourth-order valence-corrected chi connectivity index (χ4v) is 3.74. The van der Waals surface area contributed by atoms with Crippen LogP contribution in [0.2, 0.25) is 0 Å². The molecule has 5 heteroatoms. The van der Waals surface area contributed by atoms with Crippen molar-refractivity contribution < 1.29 is 9.53 Å². The highest BCUT2D eigenvalue weighted by molar-refractivity contribution is 5.78. The molecule has 0 aromatic rings. The highest BCUT2D eigenvalue weighted by Gasteiger charge is 2.29. The van der Waals surface area contributed by atoms with E-state index < -0.39 is 0 Å². The van der Waals surface area contributed by atoms with Gasteiger partial charge in [-0.15, -0.1) is 0 Å². The average molecular weight is 281 g/mol. The van der Waals surface area contributed by atoms with Gasteiger partial charge in [0.2, 0.25) is 5.91 Å². The van der Waals surface area contributed by atoms with Gasteiger partial charge in [-0.1, -0.05) is 12.8 Å².